The van der Waals surface area contributed by atoms with E-state index in [9.17, 15) is 0 Å². The third-order valence-corrected chi connectivity index (χ3v) is 9.61. The molecule has 0 saturated heterocycles. The number of fused-ring (bicyclic) bond motifs is 8. The van der Waals surface area contributed by atoms with Gasteiger partial charge in [-0.3, -0.25) is 0 Å². The molecule has 41 heavy (non-hydrogen) atoms. The van der Waals surface area contributed by atoms with Gasteiger partial charge in [-0.25, -0.2) is 0 Å². The highest BCUT2D eigenvalue weighted by Gasteiger charge is 2.46. The van der Waals surface area contributed by atoms with Crippen molar-refractivity contribution in [2.24, 2.45) is 0 Å². The van der Waals surface area contributed by atoms with Crippen molar-refractivity contribution in [1.29, 1.82) is 0 Å². The minimum atomic E-state index is -0.137. The maximum Gasteiger partial charge on any atom is 0.247 e. The maximum atomic E-state index is 2.54. The Hall–Kier alpha value is -4.82. The van der Waals surface area contributed by atoms with Crippen LogP contribution in [-0.4, -0.2) is 6.71 Å². The molecule has 7 aromatic carbocycles. The second-order valence-corrected chi connectivity index (χ2v) is 12.2. The average Bonchev–Trinajstić information content (AvgIpc) is 3.01. The normalized spacial score (nSPS) is 14.7. The topological polar surface area (TPSA) is 3.24 Å². The molecular weight excluding hydrogens is 493 g/mol. The van der Waals surface area contributed by atoms with Crippen molar-refractivity contribution >= 4 is 72.5 Å². The molecule has 0 bridgehead atoms. The van der Waals surface area contributed by atoms with E-state index >= 15 is 0 Å². The van der Waals surface area contributed by atoms with Crippen LogP contribution in [0.1, 0.15) is 25.0 Å². The Morgan fingerprint density at radius 3 is 1.93 bits per heavy atom. The summed E-state index contributed by atoms with van der Waals surface area (Å²) >= 11 is 0. The molecule has 0 spiro atoms. The van der Waals surface area contributed by atoms with Crippen molar-refractivity contribution < 1.29 is 0 Å². The second kappa shape index (κ2) is 8.11. The Labute approximate surface area is 240 Å². The average molecular weight is 521 g/mol. The molecule has 0 unspecified atom stereocenters. The van der Waals surface area contributed by atoms with Gasteiger partial charge < -0.3 is 4.90 Å². The van der Waals surface area contributed by atoms with Crippen LogP contribution in [0.3, 0.4) is 0 Å². The van der Waals surface area contributed by atoms with Crippen LogP contribution in [0.2, 0.25) is 0 Å². The number of anilines is 3. The molecule has 0 aromatic heterocycles. The molecule has 2 aliphatic rings. The third-order valence-electron chi connectivity index (χ3n) is 9.61. The van der Waals surface area contributed by atoms with Crippen LogP contribution in [0.5, 0.6) is 0 Å². The Kier molecular flexibility index (Phi) is 4.54. The third kappa shape index (κ3) is 3.08. The van der Waals surface area contributed by atoms with Gasteiger partial charge in [-0.05, 0) is 78.6 Å². The largest absolute Gasteiger partial charge is 0.311 e. The molecule has 9 rings (SSSR count). The van der Waals surface area contributed by atoms with Gasteiger partial charge in [0.2, 0.25) is 6.71 Å². The molecule has 0 fully saturated rings. The molecular formula is C39H28BN. The first-order valence-electron chi connectivity index (χ1n) is 14.6. The highest BCUT2D eigenvalue weighted by atomic mass is 15.2. The summed E-state index contributed by atoms with van der Waals surface area (Å²) in [5, 5.41) is 7.74. The zero-order valence-corrected chi connectivity index (χ0v) is 23.2. The van der Waals surface area contributed by atoms with Crippen LogP contribution in [0.25, 0.3) is 32.3 Å². The van der Waals surface area contributed by atoms with E-state index in [0.717, 1.165) is 0 Å². The summed E-state index contributed by atoms with van der Waals surface area (Å²) in [5.74, 6) is 0. The summed E-state index contributed by atoms with van der Waals surface area (Å²) in [7, 11) is 0. The second-order valence-electron chi connectivity index (χ2n) is 12.2. The minimum Gasteiger partial charge on any atom is -0.311 e. The standard InChI is InChI=1S/C39H28BN/c1-39(2)32-17-9-10-18-33(32)40-34-22-27-13-5-6-14-28(27)23-35(34)41(30-20-19-25-11-3-4-12-26(25)21-30)36-24-29-15-7-8-16-31(29)37(39)38(36)40/h3-24H,1-2H3. The molecule has 192 valence electrons. The van der Waals surface area contributed by atoms with E-state index in [4.69, 9.17) is 0 Å². The fraction of sp³-hybridized carbons (Fsp3) is 0.0769. The Morgan fingerprint density at radius 2 is 1.12 bits per heavy atom. The lowest BCUT2D eigenvalue weighted by atomic mass is 9.30. The van der Waals surface area contributed by atoms with Gasteiger partial charge in [0.05, 0.1) is 0 Å². The zero-order valence-electron chi connectivity index (χ0n) is 23.2. The summed E-state index contributed by atoms with van der Waals surface area (Å²) < 4.78 is 0. The van der Waals surface area contributed by atoms with Gasteiger partial charge in [0.15, 0.2) is 0 Å². The predicted octanol–water partition coefficient (Wildman–Crippen LogP) is 8.08. The Balaban J connectivity index is 1.47. The Morgan fingerprint density at radius 1 is 0.512 bits per heavy atom. The van der Waals surface area contributed by atoms with Crippen molar-refractivity contribution in [1.82, 2.24) is 0 Å². The maximum absolute atomic E-state index is 2.54. The molecule has 0 radical (unpaired) electrons. The van der Waals surface area contributed by atoms with Gasteiger partial charge in [0.25, 0.3) is 0 Å². The zero-order chi connectivity index (χ0) is 27.3. The quantitative estimate of drug-likeness (QED) is 0.197. The first kappa shape index (κ1) is 22.9. The highest BCUT2D eigenvalue weighted by Crippen LogP contribution is 2.46. The van der Waals surface area contributed by atoms with Crippen molar-refractivity contribution in [3.05, 3.63) is 145 Å². The van der Waals surface area contributed by atoms with Crippen molar-refractivity contribution in [3.63, 3.8) is 0 Å². The molecule has 0 atom stereocenters. The van der Waals surface area contributed by atoms with Crippen molar-refractivity contribution in [2.45, 2.75) is 19.3 Å². The van der Waals surface area contributed by atoms with Gasteiger partial charge in [-0.1, -0.05) is 129 Å². The van der Waals surface area contributed by atoms with Crippen LogP contribution in [0.15, 0.2) is 133 Å². The number of nitrogens with zero attached hydrogens (tertiary/aromatic N) is 1. The lowest BCUT2D eigenvalue weighted by molar-refractivity contribution is 0.652. The van der Waals surface area contributed by atoms with E-state index in [2.05, 4.69) is 152 Å². The smallest absolute Gasteiger partial charge is 0.247 e. The SMILES string of the molecule is CC1(C)c2ccccc2B2c3cc4ccccc4cc3N(c3ccc4ccccc4c3)c3cc4ccccc4c1c32. The summed E-state index contributed by atoms with van der Waals surface area (Å²) in [6.45, 7) is 5.01. The summed E-state index contributed by atoms with van der Waals surface area (Å²) in [5.41, 5.74) is 10.8. The lowest BCUT2D eigenvalue weighted by Crippen LogP contribution is -2.64. The van der Waals surface area contributed by atoms with E-state index in [1.807, 2.05) is 0 Å². The summed E-state index contributed by atoms with van der Waals surface area (Å²) in [6, 6.07) is 49.9. The number of rotatable bonds is 1. The first-order chi connectivity index (χ1) is 20.1. The highest BCUT2D eigenvalue weighted by molar-refractivity contribution is 6.99. The minimum absolute atomic E-state index is 0.137. The van der Waals surface area contributed by atoms with E-state index < -0.39 is 0 Å². The first-order valence-corrected chi connectivity index (χ1v) is 14.6. The fourth-order valence-electron chi connectivity index (χ4n) is 7.82. The van der Waals surface area contributed by atoms with Crippen LogP contribution in [-0.2, 0) is 5.41 Å². The van der Waals surface area contributed by atoms with Crippen molar-refractivity contribution in [3.8, 4) is 0 Å². The van der Waals surface area contributed by atoms with Gasteiger partial charge in [0, 0.05) is 22.5 Å². The fourth-order valence-corrected chi connectivity index (χ4v) is 7.82. The molecule has 0 saturated carbocycles. The van der Waals surface area contributed by atoms with E-state index in [1.165, 1.54) is 76.9 Å². The van der Waals surface area contributed by atoms with Crippen molar-refractivity contribution in [2.75, 3.05) is 4.90 Å². The van der Waals surface area contributed by atoms with Crippen LogP contribution < -0.4 is 21.3 Å². The monoisotopic (exact) mass is 521 g/mol. The molecule has 7 aromatic rings. The molecule has 2 heteroatoms. The molecule has 0 amide bonds. The van der Waals surface area contributed by atoms with Crippen LogP contribution in [0, 0.1) is 0 Å². The number of benzene rings is 7. The summed E-state index contributed by atoms with van der Waals surface area (Å²) in [4.78, 5) is 2.54. The molecule has 1 nitrogen and oxygen atoms in total. The molecule has 2 heterocycles. The van der Waals surface area contributed by atoms with Gasteiger partial charge in [-0.2, -0.15) is 0 Å². The molecule has 2 aliphatic heterocycles. The van der Waals surface area contributed by atoms with Crippen LogP contribution >= 0.6 is 0 Å². The Bertz CT molecular complexity index is 2210. The van der Waals surface area contributed by atoms with Gasteiger partial charge in [-0.15, -0.1) is 0 Å². The van der Waals surface area contributed by atoms with E-state index in [-0.39, 0.29) is 12.1 Å². The van der Waals surface area contributed by atoms with Crippen LogP contribution in [0.4, 0.5) is 17.1 Å². The predicted molar refractivity (Wildman–Crippen MR) is 177 cm³/mol. The van der Waals surface area contributed by atoms with E-state index in [0.29, 0.717) is 0 Å². The van der Waals surface area contributed by atoms with E-state index in [1.54, 1.807) is 0 Å². The number of hydrogen-bond acceptors (Lipinski definition) is 1. The van der Waals surface area contributed by atoms with Gasteiger partial charge in [0.1, 0.15) is 0 Å². The van der Waals surface area contributed by atoms with Gasteiger partial charge >= 0.3 is 0 Å². The molecule has 0 aliphatic carbocycles. The number of hydrogen-bond donors (Lipinski definition) is 0. The summed E-state index contributed by atoms with van der Waals surface area (Å²) in [6.07, 6.45) is 0. The lowest BCUT2D eigenvalue weighted by Gasteiger charge is -2.46. The molecule has 0 N–H and O–H groups in total.